The van der Waals surface area contributed by atoms with Crippen LogP contribution < -0.4 is 4.74 Å². The van der Waals surface area contributed by atoms with Gasteiger partial charge in [-0.05, 0) is 23.4 Å². The number of ketones is 1. The number of halogens is 3. The highest BCUT2D eigenvalue weighted by atomic mass is 19.4. The lowest BCUT2D eigenvalue weighted by Gasteiger charge is -2.05. The molecule has 0 aliphatic rings. The lowest BCUT2D eigenvalue weighted by Crippen LogP contribution is -2.25. The van der Waals surface area contributed by atoms with Crippen molar-refractivity contribution in [2.75, 3.05) is 7.11 Å². The van der Waals surface area contributed by atoms with Gasteiger partial charge < -0.3 is 4.74 Å². The van der Waals surface area contributed by atoms with Crippen LogP contribution in [0, 0.1) is 0 Å². The zero-order valence-electron chi connectivity index (χ0n) is 11.2. The van der Waals surface area contributed by atoms with Gasteiger partial charge in [-0.25, -0.2) is 0 Å². The van der Waals surface area contributed by atoms with E-state index in [4.69, 9.17) is 4.74 Å². The number of carbonyl (C=O) groups excluding carboxylic acids is 2. The molecule has 0 saturated heterocycles. The van der Waals surface area contributed by atoms with Crippen molar-refractivity contribution in [3.63, 3.8) is 0 Å². The van der Waals surface area contributed by atoms with Crippen LogP contribution in [0.5, 0.6) is 5.75 Å². The SMILES string of the molecule is COc1ccc(-n2nnc(CC(=O)C(F)(F)F)n2)cc1C=O. The molecular weight excluding hydrogens is 305 g/mol. The third-order valence-corrected chi connectivity index (χ3v) is 2.66. The predicted octanol–water partition coefficient (Wildman–Crippen LogP) is 1.16. The van der Waals surface area contributed by atoms with Crippen LogP contribution in [0.3, 0.4) is 0 Å². The Labute approximate surface area is 121 Å². The number of rotatable bonds is 5. The average molecular weight is 314 g/mol. The van der Waals surface area contributed by atoms with Crippen LogP contribution in [0.1, 0.15) is 16.2 Å². The molecule has 1 aromatic carbocycles. The van der Waals surface area contributed by atoms with E-state index in [1.54, 1.807) is 0 Å². The summed E-state index contributed by atoms with van der Waals surface area (Å²) >= 11 is 0. The monoisotopic (exact) mass is 314 g/mol. The number of aromatic nitrogens is 4. The molecule has 0 amide bonds. The molecule has 0 aliphatic carbocycles. The van der Waals surface area contributed by atoms with Crippen molar-refractivity contribution in [3.05, 3.63) is 29.6 Å². The Hall–Kier alpha value is -2.78. The van der Waals surface area contributed by atoms with Crippen LogP contribution in [0.25, 0.3) is 5.69 Å². The summed E-state index contributed by atoms with van der Waals surface area (Å²) in [5.74, 6) is -2.01. The van der Waals surface area contributed by atoms with Gasteiger partial charge in [-0.3, -0.25) is 9.59 Å². The van der Waals surface area contributed by atoms with Gasteiger partial charge in [0.25, 0.3) is 0 Å². The highest BCUT2D eigenvalue weighted by molar-refractivity contribution is 5.85. The molecule has 10 heteroatoms. The number of Topliss-reactive ketones (excluding diaryl/α,β-unsaturated/α-hetero) is 1. The zero-order chi connectivity index (χ0) is 16.3. The van der Waals surface area contributed by atoms with E-state index in [2.05, 4.69) is 15.4 Å². The quantitative estimate of drug-likeness (QED) is 0.770. The summed E-state index contributed by atoms with van der Waals surface area (Å²) in [6.07, 6.45) is -5.40. The topological polar surface area (TPSA) is 87.0 Å². The molecule has 7 nitrogen and oxygen atoms in total. The van der Waals surface area contributed by atoms with Gasteiger partial charge in [0.1, 0.15) is 5.75 Å². The van der Waals surface area contributed by atoms with Crippen LogP contribution in [-0.4, -0.2) is 45.6 Å². The van der Waals surface area contributed by atoms with Gasteiger partial charge in [-0.2, -0.15) is 13.2 Å². The number of tetrazole rings is 1. The minimum absolute atomic E-state index is 0.213. The van der Waals surface area contributed by atoms with E-state index in [1.165, 1.54) is 25.3 Å². The van der Waals surface area contributed by atoms with Gasteiger partial charge in [-0.15, -0.1) is 15.0 Å². The van der Waals surface area contributed by atoms with Crippen molar-refractivity contribution < 1.29 is 27.5 Å². The second-order valence-corrected chi connectivity index (χ2v) is 4.14. The highest BCUT2D eigenvalue weighted by Crippen LogP contribution is 2.20. The fourth-order valence-electron chi connectivity index (χ4n) is 1.61. The highest BCUT2D eigenvalue weighted by Gasteiger charge is 2.38. The van der Waals surface area contributed by atoms with Crippen molar-refractivity contribution in [2.24, 2.45) is 0 Å². The molecule has 1 aromatic heterocycles. The van der Waals surface area contributed by atoms with Crippen LogP contribution in [0.4, 0.5) is 13.2 Å². The largest absolute Gasteiger partial charge is 0.496 e. The predicted molar refractivity (Wildman–Crippen MR) is 65.9 cm³/mol. The van der Waals surface area contributed by atoms with Gasteiger partial charge in [0.05, 0.1) is 24.8 Å². The molecule has 2 aromatic rings. The number of alkyl halides is 3. The summed E-state index contributed by atoms with van der Waals surface area (Å²) in [6, 6.07) is 4.34. The van der Waals surface area contributed by atoms with E-state index in [0.29, 0.717) is 17.7 Å². The minimum atomic E-state index is -4.95. The summed E-state index contributed by atoms with van der Waals surface area (Å²) in [5, 5.41) is 10.6. The molecule has 0 radical (unpaired) electrons. The van der Waals surface area contributed by atoms with Gasteiger partial charge in [0.15, 0.2) is 12.1 Å². The van der Waals surface area contributed by atoms with Crippen molar-refractivity contribution in [2.45, 2.75) is 12.6 Å². The van der Waals surface area contributed by atoms with E-state index in [9.17, 15) is 22.8 Å². The average Bonchev–Trinajstić information content (AvgIpc) is 2.94. The molecular formula is C12H9F3N4O3. The second kappa shape index (κ2) is 5.92. The summed E-state index contributed by atoms with van der Waals surface area (Å²) in [6.45, 7) is 0. The van der Waals surface area contributed by atoms with E-state index >= 15 is 0 Å². The number of nitrogens with zero attached hydrogens (tertiary/aromatic N) is 4. The number of hydrogen-bond donors (Lipinski definition) is 0. The maximum Gasteiger partial charge on any atom is 0.450 e. The van der Waals surface area contributed by atoms with E-state index in [0.717, 1.165) is 4.80 Å². The fraction of sp³-hybridized carbons (Fsp3) is 0.250. The van der Waals surface area contributed by atoms with Crippen molar-refractivity contribution >= 4 is 12.1 Å². The molecule has 0 spiro atoms. The summed E-state index contributed by atoms with van der Waals surface area (Å²) in [7, 11) is 1.39. The Balaban J connectivity index is 2.25. The number of aldehydes is 1. The van der Waals surface area contributed by atoms with Gasteiger partial charge >= 0.3 is 6.18 Å². The first kappa shape index (κ1) is 15.6. The first-order chi connectivity index (χ1) is 10.3. The Morgan fingerprint density at radius 3 is 2.73 bits per heavy atom. The number of methoxy groups -OCH3 is 1. The molecule has 2 rings (SSSR count). The smallest absolute Gasteiger partial charge is 0.450 e. The van der Waals surface area contributed by atoms with Crippen LogP contribution in [-0.2, 0) is 11.2 Å². The molecule has 22 heavy (non-hydrogen) atoms. The first-order valence-corrected chi connectivity index (χ1v) is 5.87. The van der Waals surface area contributed by atoms with E-state index < -0.39 is 18.4 Å². The van der Waals surface area contributed by atoms with Crippen molar-refractivity contribution in [3.8, 4) is 11.4 Å². The number of hydrogen-bond acceptors (Lipinski definition) is 6. The van der Waals surface area contributed by atoms with Crippen LogP contribution >= 0.6 is 0 Å². The molecule has 0 saturated carbocycles. The Kier molecular flexibility index (Phi) is 4.20. The molecule has 0 aliphatic heterocycles. The van der Waals surface area contributed by atoms with Crippen LogP contribution in [0.15, 0.2) is 18.2 Å². The first-order valence-electron chi connectivity index (χ1n) is 5.87. The normalized spacial score (nSPS) is 11.3. The maximum absolute atomic E-state index is 12.2. The molecule has 1 heterocycles. The second-order valence-electron chi connectivity index (χ2n) is 4.14. The maximum atomic E-state index is 12.2. The zero-order valence-corrected chi connectivity index (χ0v) is 11.2. The molecule has 0 atom stereocenters. The molecule has 0 N–H and O–H groups in total. The molecule has 116 valence electrons. The molecule has 0 bridgehead atoms. The standard InChI is InChI=1S/C12H9F3N4O3/c1-22-9-3-2-8(4-7(9)6-20)19-17-11(16-18-19)5-10(21)12(13,14)15/h2-4,6H,5H2,1H3. The Morgan fingerprint density at radius 1 is 1.41 bits per heavy atom. The third-order valence-electron chi connectivity index (χ3n) is 2.66. The lowest BCUT2D eigenvalue weighted by atomic mass is 10.2. The van der Waals surface area contributed by atoms with E-state index in [1.807, 2.05) is 0 Å². The fourth-order valence-corrected chi connectivity index (χ4v) is 1.61. The van der Waals surface area contributed by atoms with Gasteiger partial charge in [-0.1, -0.05) is 0 Å². The number of benzene rings is 1. The summed E-state index contributed by atoms with van der Waals surface area (Å²) in [4.78, 5) is 22.7. The van der Waals surface area contributed by atoms with Gasteiger partial charge in [0.2, 0.25) is 5.78 Å². The Bertz CT molecular complexity index is 712. The number of carbonyl (C=O) groups is 2. The molecule has 0 unspecified atom stereocenters. The van der Waals surface area contributed by atoms with Crippen molar-refractivity contribution in [1.82, 2.24) is 20.2 Å². The Morgan fingerprint density at radius 2 is 2.14 bits per heavy atom. The van der Waals surface area contributed by atoms with Crippen molar-refractivity contribution in [1.29, 1.82) is 0 Å². The minimum Gasteiger partial charge on any atom is -0.496 e. The summed E-state index contributed by atoms with van der Waals surface area (Å²) in [5.41, 5.74) is 0.506. The van der Waals surface area contributed by atoms with E-state index in [-0.39, 0.29) is 11.4 Å². The summed E-state index contributed by atoms with van der Waals surface area (Å²) < 4.78 is 41.4. The van der Waals surface area contributed by atoms with Gasteiger partial charge in [0, 0.05) is 0 Å². The lowest BCUT2D eigenvalue weighted by molar-refractivity contribution is -0.170. The molecule has 0 fully saturated rings. The number of ether oxygens (including phenoxy) is 1. The van der Waals surface area contributed by atoms with Crippen LogP contribution in [0.2, 0.25) is 0 Å². The third kappa shape index (κ3) is 3.27.